The molecule has 2 rings (SSSR count). The highest BCUT2D eigenvalue weighted by molar-refractivity contribution is 8.13. The molecule has 1 aliphatic heterocycles. The molecule has 0 aliphatic carbocycles. The number of methoxy groups -OCH3 is 1. The lowest BCUT2D eigenvalue weighted by atomic mass is 10.0. The average Bonchev–Trinajstić information content (AvgIpc) is 3.23. The van der Waals surface area contributed by atoms with Gasteiger partial charge in [0.15, 0.2) is 5.12 Å². The van der Waals surface area contributed by atoms with Crippen molar-refractivity contribution in [1.82, 2.24) is 5.32 Å². The number of thioether (sulfide) groups is 1. The number of rotatable bonds is 10. The zero-order valence-corrected chi connectivity index (χ0v) is 23.7. The Hall–Kier alpha value is -2.59. The van der Waals surface area contributed by atoms with Gasteiger partial charge in [-0.2, -0.15) is 9.28 Å². The molecule has 9 nitrogen and oxygen atoms in total. The molecule has 1 aliphatic rings. The normalized spacial score (nSPS) is 20.1. The lowest BCUT2D eigenvalue weighted by Crippen LogP contribution is -2.62. The summed E-state index contributed by atoms with van der Waals surface area (Å²) in [6.45, 7) is 9.55. The first-order chi connectivity index (χ1) is 17.4. The van der Waals surface area contributed by atoms with Crippen LogP contribution in [0.5, 0.6) is 5.75 Å². The number of ether oxygens (including phenoxy) is 3. The van der Waals surface area contributed by atoms with E-state index in [2.05, 4.69) is 5.32 Å². The van der Waals surface area contributed by atoms with Crippen LogP contribution in [0.4, 0.5) is 9.59 Å². The predicted octanol–water partition coefficient (Wildman–Crippen LogP) is 5.06. The van der Waals surface area contributed by atoms with Gasteiger partial charge >= 0.3 is 18.1 Å². The van der Waals surface area contributed by atoms with Crippen molar-refractivity contribution in [2.45, 2.75) is 78.6 Å². The van der Waals surface area contributed by atoms with Gasteiger partial charge in [-0.25, -0.2) is 9.59 Å². The molecule has 206 valence electrons. The van der Waals surface area contributed by atoms with Crippen LogP contribution in [0, 0.1) is 5.92 Å². The minimum atomic E-state index is -0.718. The quantitative estimate of drug-likeness (QED) is 0.326. The number of hydrogen-bond acceptors (Lipinski definition) is 8. The van der Waals surface area contributed by atoms with Crippen LogP contribution < -0.4 is 10.1 Å². The second-order valence-electron chi connectivity index (χ2n) is 10.4. The van der Waals surface area contributed by atoms with Crippen LogP contribution in [0.3, 0.4) is 0 Å². The Morgan fingerprint density at radius 3 is 2.38 bits per heavy atom. The number of nitrogens with zero attached hydrogens (tertiary/aromatic N) is 1. The topological polar surface area (TPSA) is 108 Å². The molecular weight excluding hydrogens is 496 g/mol. The third kappa shape index (κ3) is 9.03. The molecule has 0 bridgehead atoms. The summed E-state index contributed by atoms with van der Waals surface area (Å²) in [6.07, 6.45) is 1.34. The van der Waals surface area contributed by atoms with Crippen molar-refractivity contribution in [3.8, 4) is 5.75 Å². The fraction of sp³-hybridized carbons (Fsp3) is 0.630. The molecule has 1 N–H and O–H groups in total. The standard InChI is InChI=1S/C27H40N2O7S/c1-19-9-8-16-29(19,26(33)36-27(3,4)5)24(31)22(18-37-20(2)30)10-7-15-28-25(32)35-17-21-11-13-23(34-6)14-12-21/h11-14,19,22H,7-10,15-18H2,1-6H3/p+1/t19-,22?,29?/m1/s1. The largest absolute Gasteiger partial charge is 0.524 e. The summed E-state index contributed by atoms with van der Waals surface area (Å²) in [6, 6.07) is 7.02. The minimum absolute atomic E-state index is 0.0867. The fourth-order valence-electron chi connectivity index (χ4n) is 4.39. The summed E-state index contributed by atoms with van der Waals surface area (Å²) in [7, 11) is 1.58. The van der Waals surface area contributed by atoms with Crippen LogP contribution >= 0.6 is 11.8 Å². The van der Waals surface area contributed by atoms with Crippen molar-refractivity contribution < 1.29 is 37.9 Å². The smallest absolute Gasteiger partial charge is 0.497 e. The van der Waals surface area contributed by atoms with E-state index in [-0.39, 0.29) is 33.9 Å². The van der Waals surface area contributed by atoms with Crippen LogP contribution in [0.2, 0.25) is 0 Å². The molecule has 3 atom stereocenters. The molecule has 1 saturated heterocycles. The maximum absolute atomic E-state index is 13.9. The van der Waals surface area contributed by atoms with Gasteiger partial charge in [0.2, 0.25) is 0 Å². The number of hydrogen-bond donors (Lipinski definition) is 1. The van der Waals surface area contributed by atoms with E-state index in [1.807, 2.05) is 19.1 Å². The Bertz CT molecular complexity index is 945. The highest BCUT2D eigenvalue weighted by atomic mass is 32.2. The van der Waals surface area contributed by atoms with Crippen molar-refractivity contribution in [1.29, 1.82) is 0 Å². The summed E-state index contributed by atoms with van der Waals surface area (Å²) in [4.78, 5) is 51.0. The molecule has 0 saturated carbocycles. The molecule has 1 aromatic carbocycles. The van der Waals surface area contributed by atoms with E-state index < -0.39 is 23.7 Å². The number of benzene rings is 1. The van der Waals surface area contributed by atoms with Crippen LogP contribution in [-0.4, -0.2) is 65.3 Å². The molecular formula is C27H41N2O7S+. The molecule has 3 amide bonds. The number of likely N-dealkylation sites (tertiary alicyclic amines) is 1. The zero-order chi connectivity index (χ0) is 27.6. The molecule has 1 heterocycles. The summed E-state index contributed by atoms with van der Waals surface area (Å²) in [5.41, 5.74) is 0.115. The molecule has 1 aromatic rings. The van der Waals surface area contributed by atoms with Crippen molar-refractivity contribution in [2.75, 3.05) is 26.0 Å². The van der Waals surface area contributed by atoms with Crippen LogP contribution in [-0.2, 0) is 25.7 Å². The van der Waals surface area contributed by atoms with Gasteiger partial charge in [0.25, 0.3) is 0 Å². The molecule has 37 heavy (non-hydrogen) atoms. The first-order valence-corrected chi connectivity index (χ1v) is 13.7. The number of amides is 3. The number of quaternary nitrogens is 1. The Balaban J connectivity index is 1.98. The second-order valence-corrected chi connectivity index (χ2v) is 11.6. The lowest BCUT2D eigenvalue weighted by Gasteiger charge is -2.36. The molecule has 0 spiro atoms. The van der Waals surface area contributed by atoms with Gasteiger partial charge in [-0.1, -0.05) is 23.9 Å². The average molecular weight is 538 g/mol. The van der Waals surface area contributed by atoms with Gasteiger partial charge in [-0.3, -0.25) is 4.79 Å². The van der Waals surface area contributed by atoms with E-state index in [1.54, 1.807) is 40.0 Å². The van der Waals surface area contributed by atoms with Crippen LogP contribution in [0.15, 0.2) is 24.3 Å². The number of carbonyl (C=O) groups is 4. The van der Waals surface area contributed by atoms with Gasteiger partial charge in [0.1, 0.15) is 24.0 Å². The molecule has 0 radical (unpaired) electrons. The van der Waals surface area contributed by atoms with E-state index in [9.17, 15) is 19.2 Å². The fourth-order valence-corrected chi connectivity index (χ4v) is 5.14. The Kier molecular flexibility index (Phi) is 11.4. The summed E-state index contributed by atoms with van der Waals surface area (Å²) < 4.78 is 15.7. The lowest BCUT2D eigenvalue weighted by molar-refractivity contribution is -0.795. The number of nitrogens with one attached hydrogen (secondary N) is 1. The Morgan fingerprint density at radius 2 is 1.84 bits per heavy atom. The van der Waals surface area contributed by atoms with Crippen molar-refractivity contribution in [3.05, 3.63) is 29.8 Å². The summed E-state index contributed by atoms with van der Waals surface area (Å²) in [5.74, 6) is 0.263. The SMILES string of the molecule is COc1ccc(COC(=O)NCCCC(CSC(C)=O)C(=O)[N+]2(C(=O)OC(C)(C)C)CCC[C@H]2C)cc1. The number of alkyl carbamates (subject to hydrolysis) is 1. The van der Waals surface area contributed by atoms with Gasteiger partial charge in [-0.05, 0) is 58.2 Å². The van der Waals surface area contributed by atoms with Crippen molar-refractivity contribution in [3.63, 3.8) is 0 Å². The maximum atomic E-state index is 13.9. The highest BCUT2D eigenvalue weighted by Crippen LogP contribution is 2.34. The zero-order valence-electron chi connectivity index (χ0n) is 22.8. The highest BCUT2D eigenvalue weighted by Gasteiger charge is 2.56. The first kappa shape index (κ1) is 30.6. The van der Waals surface area contributed by atoms with Gasteiger partial charge in [0.05, 0.1) is 19.6 Å². The van der Waals surface area contributed by atoms with Gasteiger partial charge < -0.3 is 19.5 Å². The second kappa shape index (κ2) is 13.8. The monoisotopic (exact) mass is 537 g/mol. The Morgan fingerprint density at radius 1 is 1.16 bits per heavy atom. The van der Waals surface area contributed by atoms with Crippen molar-refractivity contribution in [2.24, 2.45) is 5.92 Å². The van der Waals surface area contributed by atoms with Crippen molar-refractivity contribution >= 4 is 35.0 Å². The van der Waals surface area contributed by atoms with Gasteiger partial charge in [0, 0.05) is 32.1 Å². The molecule has 0 aromatic heterocycles. The first-order valence-electron chi connectivity index (χ1n) is 12.7. The third-order valence-electron chi connectivity index (χ3n) is 6.36. The van der Waals surface area contributed by atoms with E-state index in [0.29, 0.717) is 25.9 Å². The number of carbonyl (C=O) groups excluding carboxylic acids is 4. The van der Waals surface area contributed by atoms with E-state index >= 15 is 0 Å². The number of imide groups is 1. The maximum Gasteiger partial charge on any atom is 0.524 e. The Labute approximate surface area is 224 Å². The van der Waals surface area contributed by atoms with E-state index in [1.165, 1.54) is 6.92 Å². The van der Waals surface area contributed by atoms with Gasteiger partial charge in [-0.15, -0.1) is 0 Å². The van der Waals surface area contributed by atoms with E-state index in [4.69, 9.17) is 14.2 Å². The van der Waals surface area contributed by atoms with Crippen LogP contribution in [0.25, 0.3) is 0 Å². The van der Waals surface area contributed by atoms with E-state index in [0.717, 1.165) is 35.9 Å². The molecule has 10 heteroatoms. The molecule has 2 unspecified atom stereocenters. The third-order valence-corrected chi connectivity index (χ3v) is 7.34. The summed E-state index contributed by atoms with van der Waals surface area (Å²) >= 11 is 1.08. The molecule has 1 fully saturated rings. The predicted molar refractivity (Wildman–Crippen MR) is 142 cm³/mol. The van der Waals surface area contributed by atoms with Crippen LogP contribution in [0.1, 0.15) is 65.9 Å². The minimum Gasteiger partial charge on any atom is -0.497 e. The summed E-state index contributed by atoms with van der Waals surface area (Å²) in [5, 5.41) is 2.62.